The number of ether oxygens (including phenoxy) is 3. The first-order chi connectivity index (χ1) is 19.8. The Labute approximate surface area is 241 Å². The number of aromatic nitrogens is 4. The molecule has 0 spiro atoms. The van der Waals surface area contributed by atoms with Crippen molar-refractivity contribution in [1.82, 2.24) is 29.7 Å². The summed E-state index contributed by atoms with van der Waals surface area (Å²) in [6, 6.07) is 16.0. The van der Waals surface area contributed by atoms with E-state index in [1.807, 2.05) is 49.4 Å². The van der Waals surface area contributed by atoms with Crippen LogP contribution in [0, 0.1) is 6.92 Å². The molecule has 5 aromatic rings. The van der Waals surface area contributed by atoms with Crippen LogP contribution in [0.3, 0.4) is 0 Å². The molecule has 41 heavy (non-hydrogen) atoms. The van der Waals surface area contributed by atoms with Gasteiger partial charge in [-0.2, -0.15) is 0 Å². The molecule has 0 unspecified atom stereocenters. The van der Waals surface area contributed by atoms with Gasteiger partial charge in [-0.1, -0.05) is 0 Å². The fourth-order valence-electron chi connectivity index (χ4n) is 4.95. The first-order valence-corrected chi connectivity index (χ1v) is 14.1. The predicted octanol–water partition coefficient (Wildman–Crippen LogP) is 5.75. The Morgan fingerprint density at radius 1 is 0.683 bits per heavy atom. The zero-order chi connectivity index (χ0) is 28.9. The highest BCUT2D eigenvalue weighted by Gasteiger charge is 2.18. The highest BCUT2D eigenvalue weighted by Crippen LogP contribution is 2.38. The molecule has 0 radical (unpaired) electrons. The number of imidazole rings is 2. The Morgan fingerprint density at radius 3 is 1.66 bits per heavy atom. The molecule has 9 heteroatoms. The highest BCUT2D eigenvalue weighted by atomic mass is 16.5. The van der Waals surface area contributed by atoms with E-state index in [9.17, 15) is 0 Å². The number of benzene rings is 3. The van der Waals surface area contributed by atoms with Gasteiger partial charge in [0.05, 0.1) is 48.0 Å². The summed E-state index contributed by atoms with van der Waals surface area (Å²) in [6.07, 6.45) is 1.95. The van der Waals surface area contributed by atoms with Crippen molar-refractivity contribution in [3.8, 4) is 40.0 Å². The summed E-state index contributed by atoms with van der Waals surface area (Å²) < 4.78 is 17.8. The maximum atomic E-state index is 5.96. The monoisotopic (exact) mass is 556 g/mol. The summed E-state index contributed by atoms with van der Waals surface area (Å²) in [7, 11) is 9.96. The lowest BCUT2D eigenvalue weighted by Gasteiger charge is -2.13. The van der Waals surface area contributed by atoms with Gasteiger partial charge in [-0.15, -0.1) is 0 Å². The first-order valence-electron chi connectivity index (χ1n) is 14.1. The fraction of sp³-hybridized carbons (Fsp3) is 0.375. The van der Waals surface area contributed by atoms with Crippen molar-refractivity contribution in [2.75, 3.05) is 61.6 Å². The van der Waals surface area contributed by atoms with Crippen molar-refractivity contribution in [3.05, 3.63) is 54.1 Å². The molecule has 0 amide bonds. The van der Waals surface area contributed by atoms with Gasteiger partial charge in [-0.05, 0) is 84.4 Å². The van der Waals surface area contributed by atoms with Crippen LogP contribution >= 0.6 is 0 Å². The van der Waals surface area contributed by atoms with Crippen LogP contribution in [0.15, 0.2) is 48.5 Å². The Morgan fingerprint density at radius 2 is 1.17 bits per heavy atom. The third kappa shape index (κ3) is 6.64. The Bertz CT molecular complexity index is 1620. The summed E-state index contributed by atoms with van der Waals surface area (Å²) >= 11 is 0. The molecule has 9 nitrogen and oxygen atoms in total. The van der Waals surface area contributed by atoms with E-state index in [0.29, 0.717) is 13.2 Å². The van der Waals surface area contributed by atoms with E-state index >= 15 is 0 Å². The molecule has 0 aliphatic carbocycles. The topological polar surface area (TPSA) is 91.5 Å². The third-order valence-electron chi connectivity index (χ3n) is 7.06. The van der Waals surface area contributed by atoms with E-state index < -0.39 is 0 Å². The molecule has 0 aliphatic heterocycles. The lowest BCUT2D eigenvalue weighted by molar-refractivity contribution is 0.282. The van der Waals surface area contributed by atoms with Crippen molar-refractivity contribution in [1.29, 1.82) is 0 Å². The van der Waals surface area contributed by atoms with Crippen molar-refractivity contribution < 1.29 is 14.2 Å². The smallest absolute Gasteiger partial charge is 0.142 e. The standard InChI is InChI=1S/C32H40N6O3/c1-21-24(31-33-26-13-9-22(19-28(26)35-31)40-17-7-15-37(2)3)11-12-25(30(21)39-6)32-34-27-14-10-23(20-29(27)36-32)41-18-8-16-38(4)5/h9-14,19-20H,7-8,15-18H2,1-6H3,(H,33,35)(H,34,36). The minimum Gasteiger partial charge on any atom is -0.496 e. The van der Waals surface area contributed by atoms with E-state index in [2.05, 4.69) is 54.0 Å². The molecule has 0 saturated heterocycles. The number of hydrogen-bond donors (Lipinski definition) is 2. The SMILES string of the molecule is COc1c(-c2nc3ccc(OCCCN(C)C)cc3[nH]2)ccc(-c2nc3ccc(OCCCN(C)C)cc3[nH]2)c1C. The average molecular weight is 557 g/mol. The molecule has 216 valence electrons. The zero-order valence-corrected chi connectivity index (χ0v) is 24.9. The van der Waals surface area contributed by atoms with Gasteiger partial charge in [0, 0.05) is 36.3 Å². The fourth-order valence-corrected chi connectivity index (χ4v) is 4.95. The summed E-state index contributed by atoms with van der Waals surface area (Å²) in [4.78, 5) is 20.9. The molecule has 0 saturated carbocycles. The Kier molecular flexibility index (Phi) is 8.75. The van der Waals surface area contributed by atoms with Crippen molar-refractivity contribution in [2.24, 2.45) is 0 Å². The number of nitrogens with one attached hydrogen (secondary N) is 2. The van der Waals surface area contributed by atoms with Gasteiger partial charge in [-0.3, -0.25) is 0 Å². The summed E-state index contributed by atoms with van der Waals surface area (Å²) in [5.74, 6) is 3.96. The van der Waals surface area contributed by atoms with Crippen LogP contribution in [0.4, 0.5) is 0 Å². The zero-order valence-electron chi connectivity index (χ0n) is 24.9. The molecular formula is C32H40N6O3. The molecular weight excluding hydrogens is 516 g/mol. The molecule has 2 heterocycles. The van der Waals surface area contributed by atoms with Crippen LogP contribution in [0.5, 0.6) is 17.2 Å². The summed E-state index contributed by atoms with van der Waals surface area (Å²) in [5.41, 5.74) is 6.47. The summed E-state index contributed by atoms with van der Waals surface area (Å²) in [6.45, 7) is 5.38. The number of nitrogens with zero attached hydrogens (tertiary/aromatic N) is 4. The van der Waals surface area contributed by atoms with Gasteiger partial charge < -0.3 is 34.0 Å². The molecule has 0 fully saturated rings. The number of H-pyrrole nitrogens is 2. The van der Waals surface area contributed by atoms with Gasteiger partial charge >= 0.3 is 0 Å². The van der Waals surface area contributed by atoms with Crippen LogP contribution in [-0.2, 0) is 0 Å². The van der Waals surface area contributed by atoms with E-state index in [1.165, 1.54) is 0 Å². The molecule has 5 rings (SSSR count). The number of methoxy groups -OCH3 is 1. The molecule has 0 aliphatic rings. The normalized spacial score (nSPS) is 11.7. The maximum Gasteiger partial charge on any atom is 0.142 e. The van der Waals surface area contributed by atoms with E-state index in [4.69, 9.17) is 24.2 Å². The van der Waals surface area contributed by atoms with Gasteiger partial charge in [0.15, 0.2) is 0 Å². The third-order valence-corrected chi connectivity index (χ3v) is 7.06. The van der Waals surface area contributed by atoms with Crippen LogP contribution in [-0.4, -0.2) is 91.3 Å². The largest absolute Gasteiger partial charge is 0.496 e. The molecule has 0 bridgehead atoms. The second-order valence-corrected chi connectivity index (χ2v) is 10.9. The first kappa shape index (κ1) is 28.4. The van der Waals surface area contributed by atoms with Gasteiger partial charge in [0.1, 0.15) is 28.9 Å². The molecule has 2 N–H and O–H groups in total. The van der Waals surface area contributed by atoms with E-state index in [-0.39, 0.29) is 0 Å². The van der Waals surface area contributed by atoms with Gasteiger partial charge in [-0.25, -0.2) is 9.97 Å². The van der Waals surface area contributed by atoms with Crippen LogP contribution in [0.1, 0.15) is 18.4 Å². The lowest BCUT2D eigenvalue weighted by Crippen LogP contribution is -2.15. The quantitative estimate of drug-likeness (QED) is 0.178. The van der Waals surface area contributed by atoms with Crippen LogP contribution < -0.4 is 14.2 Å². The Hall–Kier alpha value is -4.08. The minimum atomic E-state index is 0.673. The van der Waals surface area contributed by atoms with Gasteiger partial charge in [0.2, 0.25) is 0 Å². The highest BCUT2D eigenvalue weighted by molar-refractivity contribution is 5.85. The predicted molar refractivity (Wildman–Crippen MR) is 165 cm³/mol. The van der Waals surface area contributed by atoms with E-state index in [0.717, 1.165) is 93.6 Å². The number of hydrogen-bond acceptors (Lipinski definition) is 7. The second-order valence-electron chi connectivity index (χ2n) is 10.9. The van der Waals surface area contributed by atoms with Crippen LogP contribution in [0.25, 0.3) is 44.8 Å². The molecule has 3 aromatic carbocycles. The van der Waals surface area contributed by atoms with Crippen molar-refractivity contribution in [2.45, 2.75) is 19.8 Å². The second kappa shape index (κ2) is 12.6. The summed E-state index contributed by atoms with van der Waals surface area (Å²) in [5, 5.41) is 0. The molecule has 2 aromatic heterocycles. The minimum absolute atomic E-state index is 0.673. The number of rotatable bonds is 13. The lowest BCUT2D eigenvalue weighted by atomic mass is 10.0. The Balaban J connectivity index is 1.37. The average Bonchev–Trinajstić information content (AvgIpc) is 3.56. The van der Waals surface area contributed by atoms with Crippen molar-refractivity contribution >= 4 is 22.1 Å². The molecule has 0 atom stereocenters. The number of aromatic amines is 2. The van der Waals surface area contributed by atoms with Crippen LogP contribution in [0.2, 0.25) is 0 Å². The van der Waals surface area contributed by atoms with Gasteiger partial charge in [0.25, 0.3) is 0 Å². The van der Waals surface area contributed by atoms with Crippen molar-refractivity contribution in [3.63, 3.8) is 0 Å². The van der Waals surface area contributed by atoms with E-state index in [1.54, 1.807) is 7.11 Å². The maximum absolute atomic E-state index is 5.96. The number of fused-ring (bicyclic) bond motifs is 2.